The monoisotopic (exact) mass is 262 g/mol. The van der Waals surface area contributed by atoms with E-state index in [1.165, 1.54) is 0 Å². The maximum atomic E-state index is 11.7. The average molecular weight is 262 g/mol. The molecule has 0 saturated carbocycles. The van der Waals surface area contributed by atoms with Crippen molar-refractivity contribution in [1.82, 2.24) is 10.6 Å². The molecule has 104 valence electrons. The molecule has 2 amide bonds. The van der Waals surface area contributed by atoms with Gasteiger partial charge in [-0.15, -0.1) is 0 Å². The normalized spacial score (nSPS) is 10.9. The van der Waals surface area contributed by atoms with Gasteiger partial charge in [0.25, 0.3) is 0 Å². The third-order valence-corrected chi connectivity index (χ3v) is 3.02. The first kappa shape index (κ1) is 15.2. The van der Waals surface area contributed by atoms with Gasteiger partial charge >= 0.3 is 0 Å². The van der Waals surface area contributed by atoms with Crippen LogP contribution in [0.4, 0.5) is 0 Å². The maximum absolute atomic E-state index is 11.7. The summed E-state index contributed by atoms with van der Waals surface area (Å²) in [7, 11) is 0. The first-order chi connectivity index (χ1) is 8.93. The quantitative estimate of drug-likeness (QED) is 0.819. The van der Waals surface area contributed by atoms with E-state index in [0.29, 0.717) is 6.42 Å². The molecule has 0 radical (unpaired) electrons. The van der Waals surface area contributed by atoms with Crippen LogP contribution in [0.3, 0.4) is 0 Å². The zero-order chi connectivity index (χ0) is 14.3. The van der Waals surface area contributed by atoms with Gasteiger partial charge in [-0.25, -0.2) is 0 Å². The summed E-state index contributed by atoms with van der Waals surface area (Å²) in [6, 6.07) is 9.46. The Balaban J connectivity index is 2.33. The molecule has 0 aliphatic heterocycles. The molecular weight excluding hydrogens is 240 g/mol. The summed E-state index contributed by atoms with van der Waals surface area (Å²) in [5, 5.41) is 5.50. The van der Waals surface area contributed by atoms with Crippen LogP contribution in [-0.2, 0) is 16.0 Å². The second kappa shape index (κ2) is 6.92. The third kappa shape index (κ3) is 6.04. The Labute approximate surface area is 114 Å². The van der Waals surface area contributed by atoms with E-state index in [1.807, 2.05) is 51.1 Å². The van der Waals surface area contributed by atoms with Gasteiger partial charge in [0.15, 0.2) is 0 Å². The first-order valence-corrected chi connectivity index (χ1v) is 6.54. The van der Waals surface area contributed by atoms with E-state index in [9.17, 15) is 9.59 Å². The van der Waals surface area contributed by atoms with Crippen LogP contribution in [-0.4, -0.2) is 23.9 Å². The Hall–Kier alpha value is -1.84. The predicted molar refractivity (Wildman–Crippen MR) is 75.7 cm³/mol. The lowest BCUT2D eigenvalue weighted by atomic mass is 10.0. The third-order valence-electron chi connectivity index (χ3n) is 3.02. The van der Waals surface area contributed by atoms with Crippen molar-refractivity contribution in [3.8, 4) is 0 Å². The highest BCUT2D eigenvalue weighted by molar-refractivity contribution is 5.85. The van der Waals surface area contributed by atoms with Crippen LogP contribution in [0.25, 0.3) is 0 Å². The molecule has 0 spiro atoms. The molecule has 0 saturated heterocycles. The largest absolute Gasteiger partial charge is 0.350 e. The van der Waals surface area contributed by atoms with Crippen LogP contribution in [0.2, 0.25) is 0 Å². The molecule has 19 heavy (non-hydrogen) atoms. The van der Waals surface area contributed by atoms with Crippen LogP contribution in [0.5, 0.6) is 0 Å². The van der Waals surface area contributed by atoms with Crippen LogP contribution in [0, 0.1) is 0 Å². The Kier molecular flexibility index (Phi) is 5.55. The van der Waals surface area contributed by atoms with Crippen LogP contribution >= 0.6 is 0 Å². The van der Waals surface area contributed by atoms with Gasteiger partial charge in [-0.2, -0.15) is 0 Å². The van der Waals surface area contributed by atoms with E-state index < -0.39 is 0 Å². The van der Waals surface area contributed by atoms with Crippen molar-refractivity contribution in [2.75, 3.05) is 6.54 Å². The highest BCUT2D eigenvalue weighted by Crippen LogP contribution is 2.05. The first-order valence-electron chi connectivity index (χ1n) is 6.54. The molecule has 4 nitrogen and oxygen atoms in total. The minimum Gasteiger partial charge on any atom is -0.350 e. The van der Waals surface area contributed by atoms with E-state index in [0.717, 1.165) is 12.0 Å². The molecule has 0 aliphatic carbocycles. The van der Waals surface area contributed by atoms with Gasteiger partial charge in [-0.1, -0.05) is 37.3 Å². The van der Waals surface area contributed by atoms with E-state index in [4.69, 9.17) is 0 Å². The summed E-state index contributed by atoms with van der Waals surface area (Å²) < 4.78 is 0. The molecule has 1 aromatic rings. The minimum atomic E-state index is -0.235. The van der Waals surface area contributed by atoms with Crippen molar-refractivity contribution < 1.29 is 9.59 Å². The summed E-state index contributed by atoms with van der Waals surface area (Å²) in [6.07, 6.45) is 1.14. The van der Waals surface area contributed by atoms with E-state index >= 15 is 0 Å². The Morgan fingerprint density at radius 2 is 1.74 bits per heavy atom. The van der Waals surface area contributed by atoms with E-state index in [2.05, 4.69) is 10.6 Å². The lowest BCUT2D eigenvalue weighted by Gasteiger charge is -2.24. The molecule has 0 aromatic heterocycles. The van der Waals surface area contributed by atoms with Crippen molar-refractivity contribution in [2.24, 2.45) is 0 Å². The summed E-state index contributed by atoms with van der Waals surface area (Å²) in [5.74, 6) is -0.302. The van der Waals surface area contributed by atoms with Crippen LogP contribution < -0.4 is 10.6 Å². The van der Waals surface area contributed by atoms with Gasteiger partial charge < -0.3 is 10.6 Å². The second-order valence-electron chi connectivity index (χ2n) is 5.22. The average Bonchev–Trinajstić information content (AvgIpc) is 2.37. The number of carbonyl (C=O) groups is 2. The predicted octanol–water partition coefficient (Wildman–Crippen LogP) is 1.65. The fourth-order valence-corrected chi connectivity index (χ4v) is 1.53. The number of rotatable bonds is 6. The van der Waals surface area contributed by atoms with Crippen LogP contribution in [0.1, 0.15) is 32.8 Å². The van der Waals surface area contributed by atoms with Crippen molar-refractivity contribution in [1.29, 1.82) is 0 Å². The molecule has 4 heteroatoms. The standard InChI is InChI=1S/C15H22N2O2/c1-4-15(2,3)17-14(19)11-16-13(18)10-12-8-6-5-7-9-12/h5-9H,4,10-11H2,1-3H3,(H,16,18)(H,17,19). The number of hydrogen-bond donors (Lipinski definition) is 2. The molecule has 0 bridgehead atoms. The fourth-order valence-electron chi connectivity index (χ4n) is 1.53. The van der Waals surface area contributed by atoms with Gasteiger partial charge in [0.1, 0.15) is 0 Å². The second-order valence-corrected chi connectivity index (χ2v) is 5.22. The van der Waals surface area contributed by atoms with Crippen molar-refractivity contribution in [2.45, 2.75) is 39.2 Å². The minimum absolute atomic E-state index is 0.0229. The van der Waals surface area contributed by atoms with Gasteiger partial charge in [-0.05, 0) is 25.8 Å². The van der Waals surface area contributed by atoms with Gasteiger partial charge in [-0.3, -0.25) is 9.59 Å². The summed E-state index contributed by atoms with van der Waals surface area (Å²) >= 11 is 0. The Morgan fingerprint density at radius 3 is 2.32 bits per heavy atom. The molecule has 0 aliphatic rings. The van der Waals surface area contributed by atoms with Gasteiger partial charge in [0.05, 0.1) is 13.0 Å². The zero-order valence-electron chi connectivity index (χ0n) is 11.8. The number of benzene rings is 1. The number of nitrogens with one attached hydrogen (secondary N) is 2. The topological polar surface area (TPSA) is 58.2 Å². The molecule has 2 N–H and O–H groups in total. The van der Waals surface area contributed by atoms with Crippen molar-refractivity contribution in [3.05, 3.63) is 35.9 Å². The fraction of sp³-hybridized carbons (Fsp3) is 0.467. The number of carbonyl (C=O) groups excluding carboxylic acids is 2. The SMILES string of the molecule is CCC(C)(C)NC(=O)CNC(=O)Cc1ccccc1. The Morgan fingerprint density at radius 1 is 1.11 bits per heavy atom. The van der Waals surface area contributed by atoms with E-state index in [-0.39, 0.29) is 23.9 Å². The van der Waals surface area contributed by atoms with Gasteiger partial charge in [0, 0.05) is 5.54 Å². The zero-order valence-corrected chi connectivity index (χ0v) is 11.8. The molecule has 0 fully saturated rings. The summed E-state index contributed by atoms with van der Waals surface area (Å²) in [6.45, 7) is 5.94. The lowest BCUT2D eigenvalue weighted by Crippen LogP contribution is -2.47. The van der Waals surface area contributed by atoms with Gasteiger partial charge in [0.2, 0.25) is 11.8 Å². The number of hydrogen-bond acceptors (Lipinski definition) is 2. The van der Waals surface area contributed by atoms with E-state index in [1.54, 1.807) is 0 Å². The van der Waals surface area contributed by atoms with Crippen molar-refractivity contribution in [3.63, 3.8) is 0 Å². The Bertz CT molecular complexity index is 427. The molecule has 1 aromatic carbocycles. The molecule has 0 heterocycles. The number of amides is 2. The smallest absolute Gasteiger partial charge is 0.239 e. The molecule has 1 rings (SSSR count). The highest BCUT2D eigenvalue weighted by atomic mass is 16.2. The maximum Gasteiger partial charge on any atom is 0.239 e. The van der Waals surface area contributed by atoms with Crippen molar-refractivity contribution >= 4 is 11.8 Å². The van der Waals surface area contributed by atoms with Crippen LogP contribution in [0.15, 0.2) is 30.3 Å². The molecular formula is C15H22N2O2. The molecule has 0 unspecified atom stereocenters. The molecule has 0 atom stereocenters. The lowest BCUT2D eigenvalue weighted by molar-refractivity contribution is -0.126. The highest BCUT2D eigenvalue weighted by Gasteiger charge is 2.17. The summed E-state index contributed by atoms with van der Waals surface area (Å²) in [4.78, 5) is 23.3. The summed E-state index contributed by atoms with van der Waals surface area (Å²) in [5.41, 5.74) is 0.704.